The number of hydrogen-bond acceptors (Lipinski definition) is 7. The molecule has 23 heavy (non-hydrogen) atoms. The Morgan fingerprint density at radius 3 is 2.22 bits per heavy atom. The fourth-order valence-electron chi connectivity index (χ4n) is 2.18. The van der Waals surface area contributed by atoms with Crippen LogP contribution >= 0.6 is 0 Å². The van der Waals surface area contributed by atoms with E-state index in [9.17, 15) is 18.5 Å². The van der Waals surface area contributed by atoms with Crippen molar-refractivity contribution < 1.29 is 18.4 Å². The van der Waals surface area contributed by atoms with Gasteiger partial charge >= 0.3 is 5.69 Å². The van der Waals surface area contributed by atoms with Crippen LogP contribution in [0.5, 0.6) is 0 Å². The maximum absolute atomic E-state index is 12.0. The smallest absolute Gasteiger partial charge is 0.301 e. The Morgan fingerprint density at radius 2 is 1.70 bits per heavy atom. The zero-order valence-electron chi connectivity index (χ0n) is 12.0. The van der Waals surface area contributed by atoms with Crippen LogP contribution in [-0.2, 0) is 9.84 Å². The SMILES string of the molecule is Nc1ccc(-c2ccc(S(=O)(=O)CCO)c(N)c2[N+](=O)[O-])cc1. The van der Waals surface area contributed by atoms with Crippen LogP contribution in [-0.4, -0.2) is 30.8 Å². The van der Waals surface area contributed by atoms with Gasteiger partial charge in [-0.1, -0.05) is 12.1 Å². The molecule has 0 aliphatic rings. The lowest BCUT2D eigenvalue weighted by Gasteiger charge is -2.10. The molecule has 2 aromatic rings. The molecule has 0 spiro atoms. The Labute approximate surface area is 132 Å². The number of benzene rings is 2. The van der Waals surface area contributed by atoms with E-state index in [2.05, 4.69) is 0 Å². The highest BCUT2D eigenvalue weighted by molar-refractivity contribution is 7.91. The molecule has 0 heterocycles. The number of nitrogen functional groups attached to an aromatic ring is 2. The van der Waals surface area contributed by atoms with Gasteiger partial charge in [0.2, 0.25) is 0 Å². The maximum Gasteiger partial charge on any atom is 0.301 e. The fraction of sp³-hybridized carbons (Fsp3) is 0.143. The second-order valence-electron chi connectivity index (χ2n) is 4.80. The van der Waals surface area contributed by atoms with Gasteiger partial charge < -0.3 is 16.6 Å². The summed E-state index contributed by atoms with van der Waals surface area (Å²) in [7, 11) is -3.90. The third-order valence-electron chi connectivity index (χ3n) is 3.28. The summed E-state index contributed by atoms with van der Waals surface area (Å²) in [6.45, 7) is -0.602. The van der Waals surface area contributed by atoms with Crippen LogP contribution in [0.4, 0.5) is 17.1 Å². The standard InChI is InChI=1S/C14H15N3O5S/c15-10-3-1-9(2-4-10)11-5-6-12(23(21,22)8-7-18)13(16)14(11)17(19)20/h1-6,18H,7-8,15-16H2. The number of nitrogens with two attached hydrogens (primary N) is 2. The predicted molar refractivity (Wildman–Crippen MR) is 86.5 cm³/mol. The van der Waals surface area contributed by atoms with Crippen LogP contribution in [0.1, 0.15) is 0 Å². The van der Waals surface area contributed by atoms with Gasteiger partial charge in [-0.2, -0.15) is 0 Å². The number of sulfone groups is 1. The number of rotatable bonds is 5. The molecule has 0 amide bonds. The van der Waals surface area contributed by atoms with Gasteiger partial charge in [0.1, 0.15) is 5.69 Å². The summed E-state index contributed by atoms with van der Waals surface area (Å²) < 4.78 is 24.1. The predicted octanol–water partition coefficient (Wildman–Crippen LogP) is 1.19. The van der Waals surface area contributed by atoms with Crippen LogP contribution in [0.25, 0.3) is 11.1 Å². The Balaban J connectivity index is 2.70. The third-order valence-corrected chi connectivity index (χ3v) is 5.02. The zero-order valence-corrected chi connectivity index (χ0v) is 12.8. The molecule has 5 N–H and O–H groups in total. The van der Waals surface area contributed by atoms with Crippen molar-refractivity contribution >= 4 is 26.9 Å². The summed E-state index contributed by atoms with van der Waals surface area (Å²) in [5, 5.41) is 20.2. The Bertz CT molecular complexity index is 847. The number of nitro groups is 1. The molecule has 0 bridgehead atoms. The number of nitrogens with zero attached hydrogens (tertiary/aromatic N) is 1. The van der Waals surface area contributed by atoms with Crippen molar-refractivity contribution in [2.24, 2.45) is 0 Å². The van der Waals surface area contributed by atoms with Gasteiger partial charge in [0.15, 0.2) is 9.84 Å². The number of hydrogen-bond donors (Lipinski definition) is 3. The lowest BCUT2D eigenvalue weighted by atomic mass is 10.0. The molecule has 0 fully saturated rings. The van der Waals surface area contributed by atoms with E-state index in [0.717, 1.165) is 0 Å². The van der Waals surface area contributed by atoms with E-state index in [1.165, 1.54) is 12.1 Å². The second kappa shape index (κ2) is 6.23. The summed E-state index contributed by atoms with van der Waals surface area (Å²) in [5.41, 5.74) is 11.6. The molecule has 0 saturated heterocycles. The molecular formula is C14H15N3O5S. The third kappa shape index (κ3) is 3.25. The van der Waals surface area contributed by atoms with E-state index >= 15 is 0 Å². The van der Waals surface area contributed by atoms with Gasteiger partial charge in [-0.15, -0.1) is 0 Å². The topological polar surface area (TPSA) is 150 Å². The summed E-state index contributed by atoms with van der Waals surface area (Å²) in [6.07, 6.45) is 0. The van der Waals surface area contributed by atoms with Gasteiger partial charge in [0.25, 0.3) is 0 Å². The number of nitro benzene ring substituents is 1. The number of aliphatic hydroxyl groups is 1. The molecule has 0 aliphatic carbocycles. The first kappa shape index (κ1) is 16.7. The minimum Gasteiger partial charge on any atom is -0.399 e. The largest absolute Gasteiger partial charge is 0.399 e. The lowest BCUT2D eigenvalue weighted by molar-refractivity contribution is -0.383. The van der Waals surface area contributed by atoms with E-state index in [1.807, 2.05) is 0 Å². The first-order valence-corrected chi connectivity index (χ1v) is 8.19. The van der Waals surface area contributed by atoms with Gasteiger partial charge in [-0.25, -0.2) is 8.42 Å². The molecule has 0 saturated carbocycles. The molecule has 9 heteroatoms. The summed E-state index contributed by atoms with van der Waals surface area (Å²) in [4.78, 5) is 10.3. The molecule has 2 aromatic carbocycles. The highest BCUT2D eigenvalue weighted by Crippen LogP contribution is 2.38. The van der Waals surface area contributed by atoms with Gasteiger partial charge in [-0.05, 0) is 29.8 Å². The van der Waals surface area contributed by atoms with Crippen molar-refractivity contribution in [1.29, 1.82) is 0 Å². The molecule has 8 nitrogen and oxygen atoms in total. The van der Waals surface area contributed by atoms with Crippen LogP contribution in [0, 0.1) is 10.1 Å². The van der Waals surface area contributed by atoms with Gasteiger partial charge in [0, 0.05) is 5.69 Å². The second-order valence-corrected chi connectivity index (χ2v) is 6.87. The molecule has 122 valence electrons. The Kier molecular flexibility index (Phi) is 4.52. The van der Waals surface area contributed by atoms with E-state index in [1.54, 1.807) is 24.3 Å². The van der Waals surface area contributed by atoms with Crippen molar-refractivity contribution in [3.8, 4) is 11.1 Å². The summed E-state index contributed by atoms with van der Waals surface area (Å²) in [6, 6.07) is 8.85. The molecule has 0 atom stereocenters. The highest BCUT2D eigenvalue weighted by Gasteiger charge is 2.27. The van der Waals surface area contributed by atoms with Crippen LogP contribution in [0.15, 0.2) is 41.3 Å². The monoisotopic (exact) mass is 337 g/mol. The molecule has 0 aliphatic heterocycles. The van der Waals surface area contributed by atoms with Crippen LogP contribution in [0.3, 0.4) is 0 Å². The van der Waals surface area contributed by atoms with Crippen LogP contribution in [0.2, 0.25) is 0 Å². The van der Waals surface area contributed by atoms with Crippen molar-refractivity contribution in [2.45, 2.75) is 4.90 Å². The van der Waals surface area contributed by atoms with Crippen molar-refractivity contribution in [1.82, 2.24) is 0 Å². The molecule has 2 rings (SSSR count). The highest BCUT2D eigenvalue weighted by atomic mass is 32.2. The fourth-order valence-corrected chi connectivity index (χ4v) is 3.35. The quantitative estimate of drug-likeness (QED) is 0.421. The lowest BCUT2D eigenvalue weighted by Crippen LogP contribution is -2.13. The first-order valence-electron chi connectivity index (χ1n) is 6.54. The molecule has 0 aromatic heterocycles. The van der Waals surface area contributed by atoms with E-state index < -0.39 is 38.5 Å². The van der Waals surface area contributed by atoms with E-state index in [-0.39, 0.29) is 10.5 Å². The van der Waals surface area contributed by atoms with Crippen molar-refractivity contribution in [3.63, 3.8) is 0 Å². The Hall–Kier alpha value is -2.65. The first-order chi connectivity index (χ1) is 10.8. The molecular weight excluding hydrogens is 322 g/mol. The van der Waals surface area contributed by atoms with Gasteiger partial charge in [0.05, 0.1) is 27.7 Å². The number of anilines is 2. The Morgan fingerprint density at radius 1 is 1.09 bits per heavy atom. The number of aliphatic hydroxyl groups excluding tert-OH is 1. The minimum absolute atomic E-state index is 0.190. The van der Waals surface area contributed by atoms with Crippen LogP contribution < -0.4 is 11.5 Å². The van der Waals surface area contributed by atoms with E-state index in [4.69, 9.17) is 16.6 Å². The normalized spacial score (nSPS) is 11.3. The van der Waals surface area contributed by atoms with Gasteiger partial charge in [-0.3, -0.25) is 10.1 Å². The van der Waals surface area contributed by atoms with E-state index in [0.29, 0.717) is 11.3 Å². The average Bonchev–Trinajstić information content (AvgIpc) is 2.46. The maximum atomic E-state index is 12.0. The minimum atomic E-state index is -3.90. The summed E-state index contributed by atoms with van der Waals surface area (Å²) in [5.74, 6) is -0.560. The summed E-state index contributed by atoms with van der Waals surface area (Å²) >= 11 is 0. The van der Waals surface area contributed by atoms with Crippen molar-refractivity contribution in [3.05, 3.63) is 46.5 Å². The average molecular weight is 337 g/mol. The molecule has 0 radical (unpaired) electrons. The zero-order chi connectivity index (χ0) is 17.2. The van der Waals surface area contributed by atoms with Crippen molar-refractivity contribution in [2.75, 3.05) is 23.8 Å². The molecule has 0 unspecified atom stereocenters.